The molecule has 0 spiro atoms. The molecule has 0 atom stereocenters. The van der Waals surface area contributed by atoms with Crippen LogP contribution >= 0.6 is 0 Å². The number of hydrogen-bond acceptors (Lipinski definition) is 8. The van der Waals surface area contributed by atoms with Crippen LogP contribution in [0.2, 0.25) is 0 Å². The largest absolute Gasteiger partial charge is 1.00 e. The topological polar surface area (TPSA) is 196 Å². The van der Waals surface area contributed by atoms with E-state index in [0.717, 1.165) is 0 Å². The van der Waals surface area contributed by atoms with Gasteiger partial charge in [0.25, 0.3) is 0 Å². The minimum absolute atomic E-state index is 0. The Morgan fingerprint density at radius 3 is 1.38 bits per heavy atom. The van der Waals surface area contributed by atoms with E-state index in [0.29, 0.717) is 0 Å². The van der Waals surface area contributed by atoms with Crippen molar-refractivity contribution in [1.29, 1.82) is 0 Å². The van der Waals surface area contributed by atoms with Crippen molar-refractivity contribution in [2.45, 2.75) is 0 Å². The summed E-state index contributed by atoms with van der Waals surface area (Å²) in [6.07, 6.45) is 0. The van der Waals surface area contributed by atoms with Gasteiger partial charge in [-0.3, -0.25) is 10.5 Å². The van der Waals surface area contributed by atoms with Crippen LogP contribution in [-0.4, -0.2) is 34.8 Å². The molecule has 7 N–H and O–H groups in total. The van der Waals surface area contributed by atoms with Crippen molar-refractivity contribution >= 4 is 16.4 Å². The van der Waals surface area contributed by atoms with E-state index in [-0.39, 0.29) is 51.4 Å². The van der Waals surface area contributed by atoms with Crippen LogP contribution in [-0.2, 0) is 14.7 Å². The maximum Gasteiger partial charge on any atom is 1.00 e. The Labute approximate surface area is 116 Å². The van der Waals surface area contributed by atoms with Gasteiger partial charge in [-0.2, -0.15) is 0 Å². The van der Waals surface area contributed by atoms with Crippen molar-refractivity contribution in [3.63, 3.8) is 0 Å². The van der Waals surface area contributed by atoms with Gasteiger partial charge in [0.2, 0.25) is 10.4 Å². The van der Waals surface area contributed by atoms with E-state index >= 15 is 0 Å². The number of carbonyl (C=O) groups is 1. The molecule has 0 unspecified atom stereocenters. The molecule has 0 aliphatic heterocycles. The maximum atomic E-state index is 9.00. The summed E-state index contributed by atoms with van der Waals surface area (Å²) >= 11 is 0. The fraction of sp³-hybridized carbons (Fsp3) is 0. The van der Waals surface area contributed by atoms with E-state index in [4.69, 9.17) is 33.5 Å². The van der Waals surface area contributed by atoms with E-state index < -0.39 is 16.4 Å². The number of urea groups is 1. The molecular weight excluding hydrogens is 239 g/mol. The molecule has 0 heterocycles. The molecule has 12 heteroatoms. The first-order valence-corrected chi connectivity index (χ1v) is 3.16. The second kappa shape index (κ2) is 15.1. The Kier molecular flexibility index (Phi) is 27.3. The van der Waals surface area contributed by atoms with Gasteiger partial charge in [0, 0.05) is 0 Å². The fourth-order valence-corrected chi connectivity index (χ4v) is 0. The normalized spacial score (nSPS) is 7.69. The molecule has 2 amide bonds. The van der Waals surface area contributed by atoms with E-state index in [9.17, 15) is 0 Å². The van der Waals surface area contributed by atoms with Gasteiger partial charge in [0.05, 0.1) is 0 Å². The van der Waals surface area contributed by atoms with Gasteiger partial charge in [-0.05, 0) is 0 Å². The molecular formula is CH7KN2O8S. The molecule has 0 aromatic carbocycles. The molecule has 0 aromatic heterocycles. The quantitative estimate of drug-likeness (QED) is 0.0995. The number of amides is 2. The first-order chi connectivity index (χ1) is 5.29. The van der Waals surface area contributed by atoms with Crippen molar-refractivity contribution in [3.8, 4) is 0 Å². The molecule has 0 rings (SSSR count). The molecule has 0 saturated heterocycles. The molecule has 0 aliphatic rings. The predicted octanol–water partition coefficient (Wildman–Crippen LogP) is -5.02. The standard InChI is InChI=1S/CH4N2O.K.H2O5S.H2O2/c2-1(3)4;;1-5-6(2,3)4;1-2/h(H4,2,3,4);;1H,(H,2,3,4);1-2H/q;+1;;/p-1. The summed E-state index contributed by atoms with van der Waals surface area (Å²) in [5, 5.41) is 19.0. The van der Waals surface area contributed by atoms with E-state index in [1.165, 1.54) is 0 Å². The molecule has 0 radical (unpaired) electrons. The van der Waals surface area contributed by atoms with Crippen LogP contribution in [0.5, 0.6) is 0 Å². The van der Waals surface area contributed by atoms with Gasteiger partial charge in [-0.15, -0.1) is 4.33 Å². The molecule has 0 saturated carbocycles. The van der Waals surface area contributed by atoms with E-state index in [1.54, 1.807) is 0 Å². The van der Waals surface area contributed by atoms with Gasteiger partial charge >= 0.3 is 57.4 Å². The predicted molar refractivity (Wildman–Crippen MR) is 32.4 cm³/mol. The van der Waals surface area contributed by atoms with Crippen molar-refractivity contribution < 1.29 is 89.3 Å². The number of primary amides is 2. The monoisotopic (exact) mass is 246 g/mol. The van der Waals surface area contributed by atoms with Crippen LogP contribution in [0.1, 0.15) is 0 Å². The van der Waals surface area contributed by atoms with Crippen LogP contribution in [0.4, 0.5) is 4.79 Å². The second-order valence-electron chi connectivity index (χ2n) is 0.885. The molecule has 0 aliphatic carbocycles. The molecule has 10 nitrogen and oxygen atoms in total. The van der Waals surface area contributed by atoms with Crippen LogP contribution in [0, 0.1) is 0 Å². The Bertz CT molecular complexity index is 184. The third-order valence-corrected chi connectivity index (χ3v) is 0.274. The summed E-state index contributed by atoms with van der Waals surface area (Å²) in [5.74, 6) is 0. The van der Waals surface area contributed by atoms with Gasteiger partial charge in [0.15, 0.2) is 0 Å². The van der Waals surface area contributed by atoms with Crippen molar-refractivity contribution in [3.05, 3.63) is 0 Å². The third kappa shape index (κ3) is 108. The average molecular weight is 246 g/mol. The Morgan fingerprint density at radius 1 is 1.31 bits per heavy atom. The minimum Gasteiger partial charge on any atom is -0.724 e. The number of carbonyl (C=O) groups excluding carboxylic acids is 1. The van der Waals surface area contributed by atoms with Crippen molar-refractivity contribution in [1.82, 2.24) is 0 Å². The average Bonchev–Trinajstić information content (AvgIpc) is 1.90. The number of rotatable bonds is 1. The van der Waals surface area contributed by atoms with Gasteiger partial charge in [-0.1, -0.05) is 0 Å². The molecule has 0 aromatic rings. The van der Waals surface area contributed by atoms with Crippen LogP contribution in [0.3, 0.4) is 0 Å². The summed E-state index contributed by atoms with van der Waals surface area (Å²) in [7, 11) is -4.86. The molecule has 76 valence electrons. The maximum absolute atomic E-state index is 9.00. The van der Waals surface area contributed by atoms with Crippen molar-refractivity contribution in [2.24, 2.45) is 11.5 Å². The Morgan fingerprint density at radius 2 is 1.38 bits per heavy atom. The fourth-order valence-electron chi connectivity index (χ4n) is 0. The second-order valence-corrected chi connectivity index (χ2v) is 1.85. The van der Waals surface area contributed by atoms with Gasteiger partial charge in [-0.25, -0.2) is 18.5 Å². The van der Waals surface area contributed by atoms with Gasteiger partial charge in [0.1, 0.15) is 0 Å². The Balaban J connectivity index is -0.0000000512. The zero-order valence-electron chi connectivity index (χ0n) is 6.45. The van der Waals surface area contributed by atoms with E-state index in [2.05, 4.69) is 15.8 Å². The number of nitrogens with two attached hydrogens (primary N) is 2. The summed E-state index contributed by atoms with van der Waals surface area (Å²) in [5.41, 5.74) is 8.50. The number of hydrogen-bond donors (Lipinski definition) is 5. The zero-order chi connectivity index (χ0) is 10.8. The van der Waals surface area contributed by atoms with Crippen LogP contribution < -0.4 is 62.9 Å². The first kappa shape index (κ1) is 23.5. The summed E-state index contributed by atoms with van der Waals surface area (Å²) < 4.78 is 29.3. The SMILES string of the molecule is NC(N)=O.O=S(=O)([O-])OO.OO.[K+]. The third-order valence-electron chi connectivity index (χ3n) is 0.0913. The zero-order valence-corrected chi connectivity index (χ0v) is 10.4. The summed E-state index contributed by atoms with van der Waals surface area (Å²) in [4.78, 5) is 9.00. The minimum atomic E-state index is -4.86. The molecule has 0 bridgehead atoms. The Hall–Kier alpha value is 0.656. The smallest absolute Gasteiger partial charge is 0.724 e. The van der Waals surface area contributed by atoms with E-state index in [1.807, 2.05) is 0 Å². The summed E-state index contributed by atoms with van der Waals surface area (Å²) in [6, 6.07) is -0.833. The first-order valence-electron chi connectivity index (χ1n) is 1.83. The molecule has 0 fully saturated rings. The van der Waals surface area contributed by atoms with Crippen molar-refractivity contribution in [2.75, 3.05) is 0 Å². The van der Waals surface area contributed by atoms with Gasteiger partial charge < -0.3 is 16.0 Å². The van der Waals surface area contributed by atoms with Crippen LogP contribution in [0.25, 0.3) is 0 Å². The summed E-state index contributed by atoms with van der Waals surface area (Å²) in [6.45, 7) is 0. The molecule has 13 heavy (non-hydrogen) atoms. The van der Waals surface area contributed by atoms with Crippen LogP contribution in [0.15, 0.2) is 0 Å².